The van der Waals surface area contributed by atoms with Crippen LogP contribution in [-0.2, 0) is 7.05 Å². The first-order valence-electron chi connectivity index (χ1n) is 5.54. The first-order valence-corrected chi connectivity index (χ1v) is 5.54. The third-order valence-electron chi connectivity index (χ3n) is 2.72. The van der Waals surface area contributed by atoms with E-state index in [9.17, 15) is 18.4 Å². The summed E-state index contributed by atoms with van der Waals surface area (Å²) in [4.78, 5) is 23.6. The van der Waals surface area contributed by atoms with E-state index in [1.54, 1.807) is 13.8 Å². The molecule has 0 spiro atoms. The smallest absolute Gasteiger partial charge is 0.279 e. The van der Waals surface area contributed by atoms with Gasteiger partial charge in [-0.05, 0) is 19.4 Å². The van der Waals surface area contributed by atoms with Gasteiger partial charge in [-0.3, -0.25) is 9.59 Å². The predicted octanol–water partition coefficient (Wildman–Crippen LogP) is -0.247. The molecule has 0 saturated carbocycles. The molecule has 1 aromatic heterocycles. The quantitative estimate of drug-likeness (QED) is 0.794. The Morgan fingerprint density at radius 1 is 1.47 bits per heavy atom. The van der Waals surface area contributed by atoms with Crippen molar-refractivity contribution in [3.63, 3.8) is 0 Å². The molecule has 0 radical (unpaired) electrons. The first kappa shape index (κ1) is 15.2. The molecule has 1 heterocycles. The molecule has 1 rings (SSSR count). The summed E-state index contributed by atoms with van der Waals surface area (Å²) in [5, 5.41) is 14.9. The number of aryl methyl sites for hydroxylation is 2. The maximum atomic E-state index is 12.1. The number of aliphatic hydroxyl groups is 1. The zero-order valence-electron chi connectivity index (χ0n) is 10.8. The van der Waals surface area contributed by atoms with Crippen LogP contribution < -0.4 is 10.9 Å². The largest absolute Gasteiger partial charge is 0.385 e. The second-order valence-corrected chi connectivity index (χ2v) is 4.13. The van der Waals surface area contributed by atoms with Crippen LogP contribution in [0.5, 0.6) is 0 Å². The molecule has 8 heteroatoms. The number of aliphatic hydroxyl groups excluding tert-OH is 1. The molecule has 6 nitrogen and oxygen atoms in total. The summed E-state index contributed by atoms with van der Waals surface area (Å²) in [6.07, 6.45) is -4.92. The zero-order valence-corrected chi connectivity index (χ0v) is 10.8. The number of amides is 1. The summed E-state index contributed by atoms with van der Waals surface area (Å²) in [5.74, 6) is -0.802. The van der Waals surface area contributed by atoms with Crippen molar-refractivity contribution in [2.45, 2.75) is 26.4 Å². The van der Waals surface area contributed by atoms with Crippen LogP contribution in [0, 0.1) is 13.8 Å². The summed E-state index contributed by atoms with van der Waals surface area (Å²) in [6, 6.07) is 0. The van der Waals surface area contributed by atoms with Gasteiger partial charge in [0.1, 0.15) is 11.7 Å². The average molecular weight is 275 g/mol. The molecular weight excluding hydrogens is 260 g/mol. The zero-order chi connectivity index (χ0) is 14.7. The van der Waals surface area contributed by atoms with Gasteiger partial charge in [0.15, 0.2) is 0 Å². The lowest BCUT2D eigenvalue weighted by atomic mass is 10.1. The minimum atomic E-state index is -2.96. The third-order valence-corrected chi connectivity index (χ3v) is 2.72. The van der Waals surface area contributed by atoms with E-state index >= 15 is 0 Å². The molecule has 19 heavy (non-hydrogen) atoms. The van der Waals surface area contributed by atoms with Gasteiger partial charge in [0.05, 0.1) is 5.69 Å². The van der Waals surface area contributed by atoms with Gasteiger partial charge >= 0.3 is 0 Å². The highest BCUT2D eigenvalue weighted by atomic mass is 19.3. The van der Waals surface area contributed by atoms with Crippen molar-refractivity contribution in [3.05, 3.63) is 27.2 Å². The Kier molecular flexibility index (Phi) is 4.71. The Morgan fingerprint density at radius 2 is 2.05 bits per heavy atom. The lowest BCUT2D eigenvalue weighted by molar-refractivity contribution is -0.00271. The van der Waals surface area contributed by atoms with Gasteiger partial charge in [-0.2, -0.15) is 5.10 Å². The molecule has 1 amide bonds. The molecular formula is C11H15F2N3O3. The minimum Gasteiger partial charge on any atom is -0.385 e. The Labute approximate surface area is 108 Å². The lowest BCUT2D eigenvalue weighted by Gasteiger charge is -2.12. The monoisotopic (exact) mass is 275 g/mol. The summed E-state index contributed by atoms with van der Waals surface area (Å²) in [6.45, 7) is 2.54. The number of nitrogens with zero attached hydrogens (tertiary/aromatic N) is 2. The van der Waals surface area contributed by atoms with Crippen molar-refractivity contribution in [3.8, 4) is 0 Å². The van der Waals surface area contributed by atoms with E-state index in [2.05, 4.69) is 10.4 Å². The fourth-order valence-electron chi connectivity index (χ4n) is 1.49. The number of carbonyl (C=O) groups is 1. The van der Waals surface area contributed by atoms with E-state index < -0.39 is 30.5 Å². The highest BCUT2D eigenvalue weighted by Gasteiger charge is 2.21. The number of hydrogen-bond acceptors (Lipinski definition) is 4. The van der Waals surface area contributed by atoms with Gasteiger partial charge in [0.25, 0.3) is 17.9 Å². The first-order chi connectivity index (χ1) is 8.75. The summed E-state index contributed by atoms with van der Waals surface area (Å²) in [5.41, 5.74) is 0.0948. The highest BCUT2D eigenvalue weighted by molar-refractivity contribution is 5.95. The summed E-state index contributed by atoms with van der Waals surface area (Å²) >= 11 is 0. The summed E-state index contributed by atoms with van der Waals surface area (Å²) < 4.78 is 25.2. The maximum Gasteiger partial charge on any atom is 0.279 e. The molecule has 0 aliphatic heterocycles. The number of hydrogen-bond donors (Lipinski definition) is 2. The molecule has 106 valence electrons. The summed E-state index contributed by atoms with van der Waals surface area (Å²) in [7, 11) is 1.39. The molecule has 0 aromatic carbocycles. The van der Waals surface area contributed by atoms with Gasteiger partial charge in [-0.1, -0.05) is 0 Å². The molecule has 1 atom stereocenters. The molecule has 2 N–H and O–H groups in total. The molecule has 0 aliphatic carbocycles. The Balaban J connectivity index is 2.98. The highest BCUT2D eigenvalue weighted by Crippen LogP contribution is 2.06. The van der Waals surface area contributed by atoms with Crippen LogP contribution in [0.1, 0.15) is 21.6 Å². The van der Waals surface area contributed by atoms with Gasteiger partial charge in [0, 0.05) is 13.6 Å². The standard InChI is InChI=1S/C11H15F2N3O3/c1-5-6(2)15-16(3)11(19)8(5)10(18)14-4-7(17)9(12)13/h7,9,17H,4H2,1-3H3,(H,14,18). The molecule has 0 fully saturated rings. The number of alkyl halides is 2. The second kappa shape index (κ2) is 5.87. The van der Waals surface area contributed by atoms with Crippen molar-refractivity contribution in [1.82, 2.24) is 15.1 Å². The van der Waals surface area contributed by atoms with Crippen LogP contribution >= 0.6 is 0 Å². The van der Waals surface area contributed by atoms with Crippen LogP contribution in [0.2, 0.25) is 0 Å². The van der Waals surface area contributed by atoms with E-state index in [1.165, 1.54) is 7.05 Å². The molecule has 0 aliphatic rings. The van der Waals surface area contributed by atoms with E-state index in [0.717, 1.165) is 4.68 Å². The number of halogens is 2. The Morgan fingerprint density at radius 3 is 2.58 bits per heavy atom. The number of nitrogens with one attached hydrogen (secondary N) is 1. The van der Waals surface area contributed by atoms with Crippen LogP contribution in [0.3, 0.4) is 0 Å². The van der Waals surface area contributed by atoms with Crippen molar-refractivity contribution in [1.29, 1.82) is 0 Å². The van der Waals surface area contributed by atoms with Gasteiger partial charge in [-0.15, -0.1) is 0 Å². The van der Waals surface area contributed by atoms with Gasteiger partial charge in [0.2, 0.25) is 0 Å². The van der Waals surface area contributed by atoms with Gasteiger partial charge in [-0.25, -0.2) is 13.5 Å². The lowest BCUT2D eigenvalue weighted by Crippen LogP contribution is -2.40. The second-order valence-electron chi connectivity index (χ2n) is 4.13. The van der Waals surface area contributed by atoms with Crippen molar-refractivity contribution in [2.75, 3.05) is 6.54 Å². The maximum absolute atomic E-state index is 12.1. The Hall–Kier alpha value is -1.83. The molecule has 1 unspecified atom stereocenters. The predicted molar refractivity (Wildman–Crippen MR) is 63.3 cm³/mol. The van der Waals surface area contributed by atoms with Gasteiger partial charge < -0.3 is 10.4 Å². The van der Waals surface area contributed by atoms with Crippen LogP contribution in [0.4, 0.5) is 8.78 Å². The minimum absolute atomic E-state index is 0.156. The van der Waals surface area contributed by atoms with Crippen molar-refractivity contribution >= 4 is 5.91 Å². The van der Waals surface area contributed by atoms with E-state index in [4.69, 9.17) is 5.11 Å². The van der Waals surface area contributed by atoms with E-state index in [-0.39, 0.29) is 5.56 Å². The average Bonchev–Trinajstić information content (AvgIpc) is 2.33. The fourth-order valence-corrected chi connectivity index (χ4v) is 1.49. The van der Waals surface area contributed by atoms with Crippen molar-refractivity contribution in [2.24, 2.45) is 7.05 Å². The van der Waals surface area contributed by atoms with Crippen LogP contribution in [-0.4, -0.2) is 39.9 Å². The normalized spacial score (nSPS) is 12.6. The van der Waals surface area contributed by atoms with Crippen LogP contribution in [0.15, 0.2) is 4.79 Å². The van der Waals surface area contributed by atoms with E-state index in [0.29, 0.717) is 11.3 Å². The topological polar surface area (TPSA) is 84.2 Å². The van der Waals surface area contributed by atoms with Crippen molar-refractivity contribution < 1.29 is 18.7 Å². The number of aromatic nitrogens is 2. The fraction of sp³-hybridized carbons (Fsp3) is 0.545. The van der Waals surface area contributed by atoms with E-state index in [1.807, 2.05) is 0 Å². The molecule has 0 bridgehead atoms. The molecule has 1 aromatic rings. The van der Waals surface area contributed by atoms with Crippen LogP contribution in [0.25, 0.3) is 0 Å². The third kappa shape index (κ3) is 3.34. The SMILES string of the molecule is Cc1nn(C)c(=O)c(C(=O)NCC(O)C(F)F)c1C. The number of carbonyl (C=O) groups excluding carboxylic acids is 1. The molecule has 0 saturated heterocycles. The number of rotatable bonds is 4. The Bertz CT molecular complexity index is 543.